The maximum absolute atomic E-state index is 11.8. The summed E-state index contributed by atoms with van der Waals surface area (Å²) in [5.41, 5.74) is -0.00364. The van der Waals surface area contributed by atoms with Crippen molar-refractivity contribution >= 4 is 17.5 Å². The van der Waals surface area contributed by atoms with Crippen LogP contribution in [-0.2, 0) is 19.1 Å². The van der Waals surface area contributed by atoms with Gasteiger partial charge in [0, 0.05) is 25.7 Å². The summed E-state index contributed by atoms with van der Waals surface area (Å²) in [6.45, 7) is 1.86. The lowest BCUT2D eigenvalue weighted by Crippen LogP contribution is -2.25. The first kappa shape index (κ1) is 16.4. The minimum absolute atomic E-state index is 0.00364. The molecule has 1 fully saturated rings. The minimum Gasteiger partial charge on any atom is -0.511 e. The van der Waals surface area contributed by atoms with Crippen LogP contribution >= 0.6 is 0 Å². The van der Waals surface area contributed by atoms with E-state index in [0.717, 1.165) is 6.42 Å². The Balaban J connectivity index is 2.42. The Morgan fingerprint density at radius 3 is 2.25 bits per heavy atom. The average Bonchev–Trinajstić information content (AvgIpc) is 2.36. The number of esters is 1. The molecule has 112 valence electrons. The van der Waals surface area contributed by atoms with Crippen LogP contribution in [0, 0.1) is 5.92 Å². The van der Waals surface area contributed by atoms with Crippen molar-refractivity contribution in [1.82, 2.24) is 0 Å². The molecule has 1 N–H and O–H groups in total. The van der Waals surface area contributed by atoms with E-state index in [2.05, 4.69) is 4.74 Å². The molecular weight excluding hydrogens is 260 g/mol. The Kier molecular flexibility index (Phi) is 6.42. The van der Waals surface area contributed by atoms with Crippen molar-refractivity contribution in [2.45, 2.75) is 51.9 Å². The first-order valence-corrected chi connectivity index (χ1v) is 7.01. The molecular formula is C15H22O5. The number of rotatable bonds is 6. The van der Waals surface area contributed by atoms with E-state index in [1.165, 1.54) is 7.11 Å². The molecule has 0 amide bonds. The summed E-state index contributed by atoms with van der Waals surface area (Å²) in [7, 11) is 1.35. The molecule has 5 nitrogen and oxygen atoms in total. The second-order valence-corrected chi connectivity index (χ2v) is 5.32. The number of aliphatic hydroxyl groups is 1. The third kappa shape index (κ3) is 4.79. The highest BCUT2D eigenvalue weighted by Gasteiger charge is 2.30. The number of methoxy groups -OCH3 is 1. The van der Waals surface area contributed by atoms with E-state index in [1.54, 1.807) is 0 Å². The van der Waals surface area contributed by atoms with Gasteiger partial charge in [-0.15, -0.1) is 0 Å². The topological polar surface area (TPSA) is 80.7 Å². The predicted octanol–water partition coefficient (Wildman–Crippen LogP) is 2.49. The number of allylic oxidation sites excluding steroid dienone is 2. The highest BCUT2D eigenvalue weighted by atomic mass is 16.5. The maximum atomic E-state index is 11.8. The van der Waals surface area contributed by atoms with Gasteiger partial charge >= 0.3 is 5.97 Å². The number of unbranched alkanes of at least 4 members (excludes halogenated alkanes) is 2. The van der Waals surface area contributed by atoms with Gasteiger partial charge in [0.25, 0.3) is 0 Å². The van der Waals surface area contributed by atoms with Gasteiger partial charge in [0.15, 0.2) is 11.6 Å². The number of carbonyl (C=O) groups excluding carboxylic acids is 3. The van der Waals surface area contributed by atoms with Crippen LogP contribution < -0.4 is 0 Å². The van der Waals surface area contributed by atoms with Crippen LogP contribution in [0.5, 0.6) is 0 Å². The quantitative estimate of drug-likeness (QED) is 0.266. The zero-order valence-corrected chi connectivity index (χ0v) is 12.1. The highest BCUT2D eigenvalue weighted by Crippen LogP contribution is 2.25. The van der Waals surface area contributed by atoms with Crippen LogP contribution in [0.15, 0.2) is 11.3 Å². The molecule has 5 heteroatoms. The molecule has 0 atom stereocenters. The van der Waals surface area contributed by atoms with Crippen LogP contribution in [0.2, 0.25) is 0 Å². The van der Waals surface area contributed by atoms with Crippen LogP contribution in [-0.4, -0.2) is 29.8 Å². The summed E-state index contributed by atoms with van der Waals surface area (Å²) in [5, 5.41) is 9.90. The molecule has 0 saturated heterocycles. The van der Waals surface area contributed by atoms with Gasteiger partial charge in [0.1, 0.15) is 5.76 Å². The van der Waals surface area contributed by atoms with Gasteiger partial charge in [-0.2, -0.15) is 0 Å². The lowest BCUT2D eigenvalue weighted by atomic mass is 9.84. The fourth-order valence-electron chi connectivity index (χ4n) is 2.35. The lowest BCUT2D eigenvalue weighted by molar-refractivity contribution is -0.140. The SMILES string of the molecule is COC(=O)CCCCCC(O)=C1C(=O)CC(C)CC1=O. The van der Waals surface area contributed by atoms with Crippen molar-refractivity contribution in [3.8, 4) is 0 Å². The van der Waals surface area contributed by atoms with Crippen LogP contribution in [0.4, 0.5) is 0 Å². The van der Waals surface area contributed by atoms with E-state index in [1.807, 2.05) is 6.92 Å². The van der Waals surface area contributed by atoms with Gasteiger partial charge in [-0.05, 0) is 18.8 Å². The number of carbonyl (C=O) groups is 3. The summed E-state index contributed by atoms with van der Waals surface area (Å²) < 4.78 is 4.52. The largest absolute Gasteiger partial charge is 0.511 e. The second-order valence-electron chi connectivity index (χ2n) is 5.32. The van der Waals surface area contributed by atoms with Gasteiger partial charge in [-0.1, -0.05) is 13.3 Å². The number of hydrogen-bond donors (Lipinski definition) is 1. The minimum atomic E-state index is -0.251. The zero-order valence-electron chi connectivity index (χ0n) is 12.1. The van der Waals surface area contributed by atoms with E-state index in [-0.39, 0.29) is 34.8 Å². The molecule has 20 heavy (non-hydrogen) atoms. The molecule has 1 rings (SSSR count). The molecule has 0 aliphatic heterocycles. The van der Waals surface area contributed by atoms with E-state index in [0.29, 0.717) is 38.5 Å². The molecule has 1 aliphatic rings. The molecule has 1 aliphatic carbocycles. The van der Waals surface area contributed by atoms with E-state index in [9.17, 15) is 19.5 Å². The summed E-state index contributed by atoms with van der Waals surface area (Å²) in [4.78, 5) is 34.5. The van der Waals surface area contributed by atoms with Crippen LogP contribution in [0.1, 0.15) is 51.9 Å². The zero-order chi connectivity index (χ0) is 15.1. The van der Waals surface area contributed by atoms with Gasteiger partial charge in [-0.3, -0.25) is 14.4 Å². The van der Waals surface area contributed by atoms with E-state index < -0.39 is 0 Å². The molecule has 0 bridgehead atoms. The normalized spacial score (nSPS) is 19.1. The Labute approximate surface area is 119 Å². The summed E-state index contributed by atoms with van der Waals surface area (Å²) in [6.07, 6.45) is 3.37. The van der Waals surface area contributed by atoms with Crippen molar-refractivity contribution in [2.75, 3.05) is 7.11 Å². The Morgan fingerprint density at radius 1 is 1.15 bits per heavy atom. The Hall–Kier alpha value is -1.65. The average molecular weight is 282 g/mol. The monoisotopic (exact) mass is 282 g/mol. The smallest absolute Gasteiger partial charge is 0.305 e. The Morgan fingerprint density at radius 2 is 1.70 bits per heavy atom. The maximum Gasteiger partial charge on any atom is 0.305 e. The van der Waals surface area contributed by atoms with Crippen molar-refractivity contribution in [3.05, 3.63) is 11.3 Å². The van der Waals surface area contributed by atoms with Crippen molar-refractivity contribution < 1.29 is 24.2 Å². The van der Waals surface area contributed by atoms with Gasteiger partial charge in [0.05, 0.1) is 12.7 Å². The first-order chi connectivity index (χ1) is 9.45. The van der Waals surface area contributed by atoms with E-state index in [4.69, 9.17) is 0 Å². The third-order valence-corrected chi connectivity index (χ3v) is 3.44. The molecule has 0 unspecified atom stereocenters. The molecule has 0 aromatic heterocycles. The number of Topliss-reactive ketones (excluding diaryl/α,β-unsaturated/α-hetero) is 2. The molecule has 0 aromatic rings. The van der Waals surface area contributed by atoms with Crippen LogP contribution in [0.3, 0.4) is 0 Å². The van der Waals surface area contributed by atoms with Gasteiger partial charge in [-0.25, -0.2) is 0 Å². The standard InChI is InChI=1S/C15H22O5/c1-10-8-12(17)15(13(18)9-10)11(16)6-4-3-5-7-14(19)20-2/h10,16H,3-9H2,1-2H3. The summed E-state index contributed by atoms with van der Waals surface area (Å²) in [5.74, 6) is -0.780. The van der Waals surface area contributed by atoms with Crippen LogP contribution in [0.25, 0.3) is 0 Å². The molecule has 0 aromatic carbocycles. The fourth-order valence-corrected chi connectivity index (χ4v) is 2.35. The van der Waals surface area contributed by atoms with E-state index >= 15 is 0 Å². The highest BCUT2D eigenvalue weighted by molar-refractivity contribution is 6.22. The molecule has 0 radical (unpaired) electrons. The number of ether oxygens (including phenoxy) is 1. The first-order valence-electron chi connectivity index (χ1n) is 7.01. The van der Waals surface area contributed by atoms with Crippen molar-refractivity contribution in [1.29, 1.82) is 0 Å². The van der Waals surface area contributed by atoms with Crippen molar-refractivity contribution in [3.63, 3.8) is 0 Å². The number of ketones is 2. The van der Waals surface area contributed by atoms with Gasteiger partial charge in [0.2, 0.25) is 0 Å². The Bertz CT molecular complexity index is 402. The third-order valence-electron chi connectivity index (χ3n) is 3.44. The van der Waals surface area contributed by atoms with Gasteiger partial charge < -0.3 is 9.84 Å². The number of hydrogen-bond acceptors (Lipinski definition) is 5. The second kappa shape index (κ2) is 7.82. The van der Waals surface area contributed by atoms with Crippen molar-refractivity contribution in [2.24, 2.45) is 5.92 Å². The lowest BCUT2D eigenvalue weighted by Gasteiger charge is -2.19. The summed E-state index contributed by atoms with van der Waals surface area (Å²) >= 11 is 0. The number of aliphatic hydroxyl groups excluding tert-OH is 1. The predicted molar refractivity (Wildman–Crippen MR) is 73.2 cm³/mol. The molecule has 1 saturated carbocycles. The summed E-state index contributed by atoms with van der Waals surface area (Å²) in [6, 6.07) is 0. The molecule has 0 heterocycles. The molecule has 0 spiro atoms. The fraction of sp³-hybridized carbons (Fsp3) is 0.667.